The van der Waals surface area contributed by atoms with Gasteiger partial charge in [-0.15, -0.1) is 5.06 Å². The van der Waals surface area contributed by atoms with Crippen LogP contribution < -0.4 is 4.84 Å². The minimum absolute atomic E-state index is 0.131. The van der Waals surface area contributed by atoms with Gasteiger partial charge in [0.05, 0.1) is 16.8 Å². The SMILES string of the molecule is O=C1c2ccc(C(F)(F)F)cc2/C(=C\c2ccccc2)N1Oc1ccccn1. The maximum absolute atomic E-state index is 13.2. The zero-order valence-electron chi connectivity index (χ0n) is 14.4. The smallest absolute Gasteiger partial charge is 0.351 e. The van der Waals surface area contributed by atoms with Gasteiger partial charge in [0, 0.05) is 17.8 Å². The van der Waals surface area contributed by atoms with Crippen LogP contribution in [0.3, 0.4) is 0 Å². The molecule has 0 spiro atoms. The number of benzene rings is 2. The number of amides is 1. The lowest BCUT2D eigenvalue weighted by Crippen LogP contribution is -2.27. The van der Waals surface area contributed by atoms with E-state index in [0.717, 1.165) is 17.2 Å². The fourth-order valence-corrected chi connectivity index (χ4v) is 2.88. The summed E-state index contributed by atoms with van der Waals surface area (Å²) in [6, 6.07) is 16.9. The number of carbonyl (C=O) groups is 1. The second kappa shape index (κ2) is 6.84. The number of nitrogens with zero attached hydrogens (tertiary/aromatic N) is 2. The summed E-state index contributed by atoms with van der Waals surface area (Å²) in [6.45, 7) is 0. The van der Waals surface area contributed by atoms with Crippen molar-refractivity contribution in [2.45, 2.75) is 6.18 Å². The van der Waals surface area contributed by atoms with E-state index in [4.69, 9.17) is 4.84 Å². The quantitative estimate of drug-likeness (QED) is 0.637. The van der Waals surface area contributed by atoms with E-state index < -0.39 is 17.6 Å². The maximum atomic E-state index is 13.2. The number of pyridine rings is 1. The highest BCUT2D eigenvalue weighted by Gasteiger charge is 2.38. The molecule has 0 unspecified atom stereocenters. The molecule has 0 atom stereocenters. The van der Waals surface area contributed by atoms with E-state index in [-0.39, 0.29) is 22.7 Å². The first-order chi connectivity index (χ1) is 13.4. The summed E-state index contributed by atoms with van der Waals surface area (Å²) in [6.07, 6.45) is -1.43. The Bertz CT molecular complexity index is 1050. The summed E-state index contributed by atoms with van der Waals surface area (Å²) in [7, 11) is 0. The van der Waals surface area contributed by atoms with Crippen molar-refractivity contribution in [3.63, 3.8) is 0 Å². The Balaban J connectivity index is 1.84. The Morgan fingerprint density at radius 1 is 0.929 bits per heavy atom. The van der Waals surface area contributed by atoms with Gasteiger partial charge in [0.1, 0.15) is 0 Å². The molecule has 1 amide bonds. The molecule has 7 heteroatoms. The second-order valence-corrected chi connectivity index (χ2v) is 6.06. The molecule has 28 heavy (non-hydrogen) atoms. The molecular formula is C21H13F3N2O2. The Hall–Kier alpha value is -3.61. The van der Waals surface area contributed by atoms with E-state index in [1.807, 2.05) is 6.07 Å². The molecule has 0 radical (unpaired) electrons. The maximum Gasteiger partial charge on any atom is 0.416 e. The van der Waals surface area contributed by atoms with Crippen molar-refractivity contribution in [1.82, 2.24) is 10.0 Å². The average molecular weight is 382 g/mol. The number of fused-ring (bicyclic) bond motifs is 1. The number of alkyl halides is 3. The molecular weight excluding hydrogens is 369 g/mol. The molecule has 0 saturated carbocycles. The molecule has 3 aromatic rings. The number of halogens is 3. The number of aromatic nitrogens is 1. The van der Waals surface area contributed by atoms with Crippen LogP contribution >= 0.6 is 0 Å². The predicted molar refractivity (Wildman–Crippen MR) is 96.8 cm³/mol. The Morgan fingerprint density at radius 2 is 1.68 bits per heavy atom. The summed E-state index contributed by atoms with van der Waals surface area (Å²) in [5, 5.41) is 0.972. The number of hydroxylamine groups is 2. The minimum atomic E-state index is -4.52. The van der Waals surface area contributed by atoms with Crippen LogP contribution in [0, 0.1) is 0 Å². The van der Waals surface area contributed by atoms with Gasteiger partial charge in [0.15, 0.2) is 0 Å². The van der Waals surface area contributed by atoms with Crippen molar-refractivity contribution >= 4 is 17.7 Å². The molecule has 4 rings (SSSR count). The van der Waals surface area contributed by atoms with Gasteiger partial charge < -0.3 is 4.84 Å². The van der Waals surface area contributed by atoms with Crippen LogP contribution in [0.2, 0.25) is 0 Å². The van der Waals surface area contributed by atoms with Crippen molar-refractivity contribution in [1.29, 1.82) is 0 Å². The summed E-state index contributed by atoms with van der Waals surface area (Å²) in [5.74, 6) is -0.407. The van der Waals surface area contributed by atoms with Gasteiger partial charge >= 0.3 is 6.18 Å². The van der Waals surface area contributed by atoms with Crippen LogP contribution in [0.15, 0.2) is 72.9 Å². The van der Waals surface area contributed by atoms with Gasteiger partial charge in [-0.2, -0.15) is 13.2 Å². The Morgan fingerprint density at radius 3 is 2.36 bits per heavy atom. The van der Waals surface area contributed by atoms with Crippen LogP contribution in [-0.4, -0.2) is 16.0 Å². The molecule has 140 valence electrons. The van der Waals surface area contributed by atoms with E-state index >= 15 is 0 Å². The van der Waals surface area contributed by atoms with Gasteiger partial charge in [0.25, 0.3) is 5.91 Å². The highest BCUT2D eigenvalue weighted by Crippen LogP contribution is 2.39. The zero-order chi connectivity index (χ0) is 19.7. The minimum Gasteiger partial charge on any atom is -0.351 e. The lowest BCUT2D eigenvalue weighted by Gasteiger charge is -2.17. The molecule has 1 aliphatic heterocycles. The highest BCUT2D eigenvalue weighted by molar-refractivity contribution is 6.11. The van der Waals surface area contributed by atoms with E-state index in [1.165, 1.54) is 12.3 Å². The van der Waals surface area contributed by atoms with Crippen LogP contribution in [0.5, 0.6) is 5.88 Å². The lowest BCUT2D eigenvalue weighted by molar-refractivity contribution is -0.137. The highest BCUT2D eigenvalue weighted by atomic mass is 19.4. The molecule has 0 bridgehead atoms. The summed E-state index contributed by atoms with van der Waals surface area (Å²) < 4.78 is 39.6. The first kappa shape index (κ1) is 17.8. The topological polar surface area (TPSA) is 42.4 Å². The van der Waals surface area contributed by atoms with E-state index in [2.05, 4.69) is 4.98 Å². The predicted octanol–water partition coefficient (Wildman–Crippen LogP) is 5.05. The molecule has 0 fully saturated rings. The average Bonchev–Trinajstić information content (AvgIpc) is 2.94. The standard InChI is InChI=1S/C21H13F3N2O2/c22-21(23,24)15-9-10-16-17(13-15)18(12-14-6-2-1-3-7-14)26(20(16)27)28-19-8-4-5-11-25-19/h1-13H/b18-12+. The van der Waals surface area contributed by atoms with Crippen molar-refractivity contribution in [3.05, 3.63) is 95.2 Å². The summed E-state index contributed by atoms with van der Waals surface area (Å²) >= 11 is 0. The van der Waals surface area contributed by atoms with E-state index in [9.17, 15) is 18.0 Å². The normalized spacial score (nSPS) is 15.0. The van der Waals surface area contributed by atoms with Gasteiger partial charge in [-0.05, 0) is 35.9 Å². The van der Waals surface area contributed by atoms with Crippen LogP contribution in [-0.2, 0) is 6.18 Å². The number of hydrogen-bond acceptors (Lipinski definition) is 3. The third kappa shape index (κ3) is 3.34. The first-order valence-electron chi connectivity index (χ1n) is 8.35. The Kier molecular flexibility index (Phi) is 4.35. The molecule has 0 N–H and O–H groups in total. The number of hydrogen-bond donors (Lipinski definition) is 0. The first-order valence-corrected chi connectivity index (χ1v) is 8.35. The molecule has 0 saturated heterocycles. The molecule has 2 heterocycles. The summed E-state index contributed by atoms with van der Waals surface area (Å²) in [4.78, 5) is 22.4. The molecule has 4 nitrogen and oxygen atoms in total. The number of carbonyl (C=O) groups excluding carboxylic acids is 1. The monoisotopic (exact) mass is 382 g/mol. The van der Waals surface area contributed by atoms with Gasteiger partial charge in [-0.1, -0.05) is 36.4 Å². The molecule has 2 aromatic carbocycles. The van der Waals surface area contributed by atoms with E-state index in [1.54, 1.807) is 48.5 Å². The van der Waals surface area contributed by atoms with Crippen LogP contribution in [0.25, 0.3) is 11.8 Å². The number of rotatable bonds is 3. The van der Waals surface area contributed by atoms with Crippen LogP contribution in [0.1, 0.15) is 27.0 Å². The molecule has 0 aliphatic carbocycles. The van der Waals surface area contributed by atoms with Crippen molar-refractivity contribution < 1.29 is 22.8 Å². The molecule has 1 aromatic heterocycles. The van der Waals surface area contributed by atoms with Crippen LogP contribution in [0.4, 0.5) is 13.2 Å². The van der Waals surface area contributed by atoms with Gasteiger partial charge in [-0.25, -0.2) is 4.98 Å². The molecule has 1 aliphatic rings. The third-order valence-corrected chi connectivity index (χ3v) is 4.18. The largest absolute Gasteiger partial charge is 0.416 e. The van der Waals surface area contributed by atoms with Gasteiger partial charge in [0.2, 0.25) is 5.88 Å². The Labute approximate surface area is 158 Å². The lowest BCUT2D eigenvalue weighted by atomic mass is 10.0. The fourth-order valence-electron chi connectivity index (χ4n) is 2.88. The zero-order valence-corrected chi connectivity index (χ0v) is 14.4. The second-order valence-electron chi connectivity index (χ2n) is 6.06. The van der Waals surface area contributed by atoms with E-state index in [0.29, 0.717) is 5.56 Å². The fraction of sp³-hybridized carbons (Fsp3) is 0.0476. The third-order valence-electron chi connectivity index (χ3n) is 4.18. The van der Waals surface area contributed by atoms with Crippen molar-refractivity contribution in [3.8, 4) is 5.88 Å². The summed E-state index contributed by atoms with van der Waals surface area (Å²) in [5.41, 5.74) is 0.372. The van der Waals surface area contributed by atoms with Crippen molar-refractivity contribution in [2.24, 2.45) is 0 Å². The van der Waals surface area contributed by atoms with Gasteiger partial charge in [-0.3, -0.25) is 4.79 Å². The van der Waals surface area contributed by atoms with Crippen molar-refractivity contribution in [2.75, 3.05) is 0 Å².